The van der Waals surface area contributed by atoms with Crippen LogP contribution >= 0.6 is 0 Å². The molecule has 0 fully saturated rings. The van der Waals surface area contributed by atoms with Crippen LogP contribution in [0.5, 0.6) is 5.75 Å². The van der Waals surface area contributed by atoms with Crippen LogP contribution in [0.1, 0.15) is 18.9 Å². The van der Waals surface area contributed by atoms with E-state index in [0.717, 1.165) is 24.3 Å². The van der Waals surface area contributed by atoms with Gasteiger partial charge in [-0.1, -0.05) is 25.1 Å². The minimum absolute atomic E-state index is 0.579. The van der Waals surface area contributed by atoms with Gasteiger partial charge < -0.3 is 10.5 Å². The molecule has 0 amide bonds. The fourth-order valence-electron chi connectivity index (χ4n) is 1.71. The second-order valence-electron chi connectivity index (χ2n) is 3.90. The maximum atomic E-state index is 5.63. The smallest absolute Gasteiger partial charge is 0.119 e. The molecule has 0 unspecified atom stereocenters. The minimum Gasteiger partial charge on any atom is -0.494 e. The topological polar surface area (TPSA) is 35.2 Å². The van der Waals surface area contributed by atoms with E-state index in [1.54, 1.807) is 0 Å². The molecule has 0 aliphatic carbocycles. The quantitative estimate of drug-likeness (QED) is 0.850. The molecule has 0 aliphatic heterocycles. The lowest BCUT2D eigenvalue weighted by atomic mass is 10.1. The van der Waals surface area contributed by atoms with Gasteiger partial charge in [0, 0.05) is 6.54 Å². The molecule has 84 valence electrons. The molecule has 2 nitrogen and oxygen atoms in total. The van der Waals surface area contributed by atoms with Crippen molar-refractivity contribution < 1.29 is 4.74 Å². The van der Waals surface area contributed by atoms with E-state index in [9.17, 15) is 0 Å². The third kappa shape index (κ3) is 2.34. The minimum atomic E-state index is 0.579. The molecule has 0 aromatic heterocycles. The first-order valence-corrected chi connectivity index (χ1v) is 5.69. The first-order chi connectivity index (χ1) is 7.83. The number of fused-ring (bicyclic) bond motifs is 1. The Balaban J connectivity index is 2.35. The van der Waals surface area contributed by atoms with Crippen molar-refractivity contribution in [3.8, 4) is 5.75 Å². The maximum Gasteiger partial charge on any atom is 0.119 e. The SMILES string of the molecule is CCCOc1ccc2ccc(CN)cc2c1. The molecular weight excluding hydrogens is 198 g/mol. The van der Waals surface area contributed by atoms with Crippen LogP contribution in [0.25, 0.3) is 10.8 Å². The summed E-state index contributed by atoms with van der Waals surface area (Å²) < 4.78 is 5.61. The fourth-order valence-corrected chi connectivity index (χ4v) is 1.71. The van der Waals surface area contributed by atoms with Crippen LogP contribution in [-0.2, 0) is 6.54 Å². The van der Waals surface area contributed by atoms with Gasteiger partial charge in [0.2, 0.25) is 0 Å². The predicted molar refractivity (Wildman–Crippen MR) is 67.6 cm³/mol. The number of hydrogen-bond donors (Lipinski definition) is 1. The first-order valence-electron chi connectivity index (χ1n) is 5.69. The number of nitrogens with two attached hydrogens (primary N) is 1. The summed E-state index contributed by atoms with van der Waals surface area (Å²) in [6, 6.07) is 12.5. The summed E-state index contributed by atoms with van der Waals surface area (Å²) in [6.07, 6.45) is 1.03. The van der Waals surface area contributed by atoms with Crippen molar-refractivity contribution in [3.05, 3.63) is 42.0 Å². The Hall–Kier alpha value is -1.54. The molecule has 0 bridgehead atoms. The number of rotatable bonds is 4. The molecule has 0 saturated carbocycles. The van der Waals surface area contributed by atoms with Gasteiger partial charge in [0.1, 0.15) is 5.75 Å². The van der Waals surface area contributed by atoms with Crippen LogP contribution < -0.4 is 10.5 Å². The molecule has 0 heterocycles. The van der Waals surface area contributed by atoms with Crippen LogP contribution in [-0.4, -0.2) is 6.61 Å². The Bertz CT molecular complexity index is 479. The highest BCUT2D eigenvalue weighted by molar-refractivity contribution is 5.84. The Morgan fingerprint density at radius 2 is 1.88 bits per heavy atom. The predicted octanol–water partition coefficient (Wildman–Crippen LogP) is 3.09. The molecular formula is C14H17NO. The largest absolute Gasteiger partial charge is 0.494 e. The molecule has 2 N–H and O–H groups in total. The molecule has 0 atom stereocenters. The third-order valence-corrected chi connectivity index (χ3v) is 2.58. The lowest BCUT2D eigenvalue weighted by molar-refractivity contribution is 0.318. The van der Waals surface area contributed by atoms with Crippen molar-refractivity contribution in [2.45, 2.75) is 19.9 Å². The zero-order valence-corrected chi connectivity index (χ0v) is 9.57. The summed E-state index contributed by atoms with van der Waals surface area (Å²) in [5.41, 5.74) is 6.78. The Kier molecular flexibility index (Phi) is 3.42. The zero-order valence-electron chi connectivity index (χ0n) is 9.57. The molecule has 0 spiro atoms. The van der Waals surface area contributed by atoms with Gasteiger partial charge in [-0.2, -0.15) is 0 Å². The number of hydrogen-bond acceptors (Lipinski definition) is 2. The van der Waals surface area contributed by atoms with E-state index in [1.165, 1.54) is 10.8 Å². The molecule has 2 rings (SSSR count). The average Bonchev–Trinajstić information content (AvgIpc) is 2.35. The summed E-state index contributed by atoms with van der Waals surface area (Å²) in [5, 5.41) is 2.41. The van der Waals surface area contributed by atoms with Crippen LogP contribution in [0.15, 0.2) is 36.4 Å². The fraction of sp³-hybridized carbons (Fsp3) is 0.286. The normalized spacial score (nSPS) is 10.6. The van der Waals surface area contributed by atoms with Crippen LogP contribution in [0, 0.1) is 0 Å². The summed E-state index contributed by atoms with van der Waals surface area (Å²) in [5.74, 6) is 0.934. The van der Waals surface area contributed by atoms with Crippen molar-refractivity contribution >= 4 is 10.8 Å². The van der Waals surface area contributed by atoms with E-state index in [-0.39, 0.29) is 0 Å². The lowest BCUT2D eigenvalue weighted by Gasteiger charge is -2.06. The Morgan fingerprint density at radius 3 is 2.62 bits per heavy atom. The Labute approximate surface area is 96.0 Å². The Morgan fingerprint density at radius 1 is 1.06 bits per heavy atom. The van der Waals surface area contributed by atoms with Crippen LogP contribution in [0.2, 0.25) is 0 Å². The van der Waals surface area contributed by atoms with E-state index in [2.05, 4.69) is 37.3 Å². The van der Waals surface area contributed by atoms with Gasteiger partial charge in [-0.25, -0.2) is 0 Å². The van der Waals surface area contributed by atoms with Gasteiger partial charge in [-0.05, 0) is 41.0 Å². The van der Waals surface area contributed by atoms with Gasteiger partial charge in [0.15, 0.2) is 0 Å². The van der Waals surface area contributed by atoms with Gasteiger partial charge >= 0.3 is 0 Å². The highest BCUT2D eigenvalue weighted by Gasteiger charge is 1.98. The third-order valence-electron chi connectivity index (χ3n) is 2.58. The molecule has 0 saturated heterocycles. The van der Waals surface area contributed by atoms with E-state index < -0.39 is 0 Å². The van der Waals surface area contributed by atoms with Crippen LogP contribution in [0.4, 0.5) is 0 Å². The first kappa shape index (κ1) is 11.0. The monoisotopic (exact) mass is 215 g/mol. The average molecular weight is 215 g/mol. The second kappa shape index (κ2) is 4.99. The molecule has 0 radical (unpaired) electrons. The van der Waals surface area contributed by atoms with Crippen molar-refractivity contribution in [1.82, 2.24) is 0 Å². The summed E-state index contributed by atoms with van der Waals surface area (Å²) in [7, 11) is 0. The molecule has 2 aromatic rings. The van der Waals surface area contributed by atoms with Crippen molar-refractivity contribution in [2.24, 2.45) is 5.73 Å². The van der Waals surface area contributed by atoms with Crippen molar-refractivity contribution in [3.63, 3.8) is 0 Å². The van der Waals surface area contributed by atoms with Crippen molar-refractivity contribution in [1.29, 1.82) is 0 Å². The summed E-state index contributed by atoms with van der Waals surface area (Å²) in [6.45, 7) is 3.45. The number of ether oxygens (including phenoxy) is 1. The molecule has 0 aliphatic rings. The second-order valence-corrected chi connectivity index (χ2v) is 3.90. The standard InChI is InChI=1S/C14H17NO/c1-2-7-16-14-6-5-12-4-3-11(10-15)8-13(12)9-14/h3-6,8-9H,2,7,10,15H2,1H3. The van der Waals surface area contributed by atoms with Crippen LogP contribution in [0.3, 0.4) is 0 Å². The van der Waals surface area contributed by atoms with E-state index in [1.807, 2.05) is 6.07 Å². The molecule has 2 heteroatoms. The highest BCUT2D eigenvalue weighted by Crippen LogP contribution is 2.22. The highest BCUT2D eigenvalue weighted by atomic mass is 16.5. The maximum absolute atomic E-state index is 5.63. The zero-order chi connectivity index (χ0) is 11.4. The van der Waals surface area contributed by atoms with E-state index in [0.29, 0.717) is 6.54 Å². The van der Waals surface area contributed by atoms with Gasteiger partial charge in [0.25, 0.3) is 0 Å². The summed E-state index contributed by atoms with van der Waals surface area (Å²) >= 11 is 0. The molecule has 2 aromatic carbocycles. The van der Waals surface area contributed by atoms with E-state index in [4.69, 9.17) is 10.5 Å². The lowest BCUT2D eigenvalue weighted by Crippen LogP contribution is -1.96. The summed E-state index contributed by atoms with van der Waals surface area (Å²) in [4.78, 5) is 0. The van der Waals surface area contributed by atoms with Gasteiger partial charge in [-0.15, -0.1) is 0 Å². The van der Waals surface area contributed by atoms with Crippen molar-refractivity contribution in [2.75, 3.05) is 6.61 Å². The van der Waals surface area contributed by atoms with E-state index >= 15 is 0 Å². The molecule has 16 heavy (non-hydrogen) atoms. The van der Waals surface area contributed by atoms with Gasteiger partial charge in [-0.3, -0.25) is 0 Å². The van der Waals surface area contributed by atoms with Gasteiger partial charge in [0.05, 0.1) is 6.61 Å². The number of benzene rings is 2.